The Kier molecular flexibility index (Phi) is 2.60. The molecule has 5 nitrogen and oxygen atoms in total. The van der Waals surface area contributed by atoms with Gasteiger partial charge in [0.1, 0.15) is 11.5 Å². The molecule has 0 fully saturated rings. The highest BCUT2D eigenvalue weighted by Crippen LogP contribution is 2.24. The first-order chi connectivity index (χ1) is 9.88. The van der Waals surface area contributed by atoms with Crippen LogP contribution in [-0.2, 0) is 11.3 Å². The lowest BCUT2D eigenvalue weighted by Crippen LogP contribution is -2.10. The van der Waals surface area contributed by atoms with Gasteiger partial charge in [0.05, 0.1) is 6.61 Å². The number of hydrogen-bond acceptors (Lipinski definition) is 5. The zero-order valence-electron chi connectivity index (χ0n) is 10.6. The molecule has 0 saturated heterocycles. The Hall–Kier alpha value is -2.47. The van der Waals surface area contributed by atoms with Crippen LogP contribution in [0.3, 0.4) is 0 Å². The number of nitrogens with zero attached hydrogens (tertiary/aromatic N) is 3. The molecule has 0 amide bonds. The molecule has 20 heavy (non-hydrogen) atoms. The van der Waals surface area contributed by atoms with E-state index in [-0.39, 0.29) is 0 Å². The summed E-state index contributed by atoms with van der Waals surface area (Å²) in [7, 11) is 0.695. The fraction of sp³-hybridized carbons (Fsp3) is 0.0714. The molecule has 2 aromatic rings. The SMILES string of the molecule is B1OCc2cc(Oc3ccc(C4=NN=N4)cc3)ccc21. The molecule has 2 aromatic carbocycles. The van der Waals surface area contributed by atoms with Crippen LogP contribution in [0.15, 0.2) is 57.9 Å². The molecule has 0 radical (unpaired) electrons. The number of hydrogen-bond donors (Lipinski definition) is 0. The molecule has 2 aliphatic heterocycles. The van der Waals surface area contributed by atoms with E-state index >= 15 is 0 Å². The Morgan fingerprint density at radius 3 is 2.60 bits per heavy atom. The van der Waals surface area contributed by atoms with Crippen molar-refractivity contribution in [3.05, 3.63) is 53.6 Å². The van der Waals surface area contributed by atoms with Gasteiger partial charge in [0.25, 0.3) is 0 Å². The van der Waals surface area contributed by atoms with E-state index in [0.717, 1.165) is 17.1 Å². The molecule has 0 saturated carbocycles. The average molecular weight is 263 g/mol. The van der Waals surface area contributed by atoms with Gasteiger partial charge in [0.2, 0.25) is 5.84 Å². The van der Waals surface area contributed by atoms with E-state index in [0.29, 0.717) is 19.9 Å². The second-order valence-electron chi connectivity index (χ2n) is 4.66. The molecule has 4 rings (SSSR count). The second-order valence-corrected chi connectivity index (χ2v) is 4.66. The first-order valence-corrected chi connectivity index (χ1v) is 6.35. The molecule has 0 aliphatic carbocycles. The van der Waals surface area contributed by atoms with Crippen LogP contribution in [0.5, 0.6) is 11.5 Å². The molecule has 2 heterocycles. The third-order valence-corrected chi connectivity index (χ3v) is 3.32. The summed E-state index contributed by atoms with van der Waals surface area (Å²) in [4.78, 5) is 0. The van der Waals surface area contributed by atoms with Crippen molar-refractivity contribution in [2.45, 2.75) is 6.61 Å². The molecule has 0 aromatic heterocycles. The maximum atomic E-state index is 5.84. The molecule has 0 bridgehead atoms. The number of fused-ring (bicyclic) bond motifs is 1. The van der Waals surface area contributed by atoms with Gasteiger partial charge in [0.15, 0.2) is 0 Å². The van der Waals surface area contributed by atoms with Crippen molar-refractivity contribution in [2.24, 2.45) is 15.4 Å². The minimum absolute atomic E-state index is 0.659. The smallest absolute Gasteiger partial charge is 0.309 e. The predicted octanol–water partition coefficient (Wildman–Crippen LogP) is 2.11. The molecule has 0 spiro atoms. The van der Waals surface area contributed by atoms with Crippen molar-refractivity contribution in [3.8, 4) is 11.5 Å². The predicted molar refractivity (Wildman–Crippen MR) is 75.9 cm³/mol. The van der Waals surface area contributed by atoms with E-state index in [4.69, 9.17) is 9.39 Å². The summed E-state index contributed by atoms with van der Waals surface area (Å²) >= 11 is 0. The Morgan fingerprint density at radius 2 is 1.85 bits per heavy atom. The highest BCUT2D eigenvalue weighted by Gasteiger charge is 2.14. The van der Waals surface area contributed by atoms with Gasteiger partial charge >= 0.3 is 7.48 Å². The zero-order chi connectivity index (χ0) is 13.4. The molecule has 96 valence electrons. The van der Waals surface area contributed by atoms with Gasteiger partial charge in [-0.05, 0) is 52.6 Å². The van der Waals surface area contributed by atoms with Gasteiger partial charge in [-0.25, -0.2) is 0 Å². The first-order valence-electron chi connectivity index (χ1n) is 6.35. The Balaban J connectivity index is 1.53. The van der Waals surface area contributed by atoms with Crippen molar-refractivity contribution in [1.82, 2.24) is 0 Å². The van der Waals surface area contributed by atoms with Crippen LogP contribution in [0.1, 0.15) is 11.1 Å². The van der Waals surface area contributed by atoms with Gasteiger partial charge in [-0.15, -0.1) is 10.2 Å². The van der Waals surface area contributed by atoms with E-state index in [1.54, 1.807) is 0 Å². The topological polar surface area (TPSA) is 55.5 Å². The lowest BCUT2D eigenvalue weighted by atomic mass is 9.87. The second kappa shape index (κ2) is 4.57. The minimum Gasteiger partial charge on any atom is -0.457 e. The third-order valence-electron chi connectivity index (χ3n) is 3.32. The highest BCUT2D eigenvalue weighted by atomic mass is 16.5. The fourth-order valence-electron chi connectivity index (χ4n) is 2.22. The van der Waals surface area contributed by atoms with Crippen LogP contribution < -0.4 is 10.2 Å². The molecule has 0 unspecified atom stereocenters. The van der Waals surface area contributed by atoms with Crippen molar-refractivity contribution < 1.29 is 9.39 Å². The van der Waals surface area contributed by atoms with E-state index in [9.17, 15) is 0 Å². The summed E-state index contributed by atoms with van der Waals surface area (Å²) in [5, 5.41) is 11.1. The van der Waals surface area contributed by atoms with Gasteiger partial charge in [-0.1, -0.05) is 6.07 Å². The van der Waals surface area contributed by atoms with Crippen LogP contribution in [0.2, 0.25) is 0 Å². The summed E-state index contributed by atoms with van der Waals surface area (Å²) < 4.78 is 11.2. The van der Waals surface area contributed by atoms with Crippen molar-refractivity contribution in [1.29, 1.82) is 0 Å². The summed E-state index contributed by atoms with van der Waals surface area (Å²) in [6.07, 6.45) is 0. The quantitative estimate of drug-likeness (QED) is 0.796. The molecular formula is C14H10BN3O2. The Morgan fingerprint density at radius 1 is 1.05 bits per heavy atom. The molecule has 6 heteroatoms. The minimum atomic E-state index is 0.659. The van der Waals surface area contributed by atoms with Crippen molar-refractivity contribution in [3.63, 3.8) is 0 Å². The van der Waals surface area contributed by atoms with Crippen LogP contribution in [-0.4, -0.2) is 13.3 Å². The van der Waals surface area contributed by atoms with Crippen LogP contribution >= 0.6 is 0 Å². The standard InChI is InChI=1S/C14H10BN3O2/c1-3-11(4-2-9(1)14-16-18-17-14)20-12-5-6-13-10(7-12)8-19-15-13/h1-7,15H,8H2. The molecule has 0 atom stereocenters. The van der Waals surface area contributed by atoms with Gasteiger partial charge < -0.3 is 9.39 Å². The van der Waals surface area contributed by atoms with Crippen molar-refractivity contribution in [2.75, 3.05) is 0 Å². The van der Waals surface area contributed by atoms with Crippen molar-refractivity contribution >= 4 is 18.8 Å². The zero-order valence-corrected chi connectivity index (χ0v) is 10.6. The summed E-state index contributed by atoms with van der Waals surface area (Å²) in [5.74, 6) is 2.26. The first kappa shape index (κ1) is 11.4. The largest absolute Gasteiger partial charge is 0.457 e. The summed E-state index contributed by atoms with van der Waals surface area (Å²) in [6.45, 7) is 0.663. The monoisotopic (exact) mass is 263 g/mol. The number of rotatable bonds is 3. The molecular weight excluding hydrogens is 253 g/mol. The Bertz CT molecular complexity index is 726. The fourth-order valence-corrected chi connectivity index (χ4v) is 2.22. The van der Waals surface area contributed by atoms with E-state index in [2.05, 4.69) is 21.5 Å². The van der Waals surface area contributed by atoms with E-state index < -0.39 is 0 Å². The average Bonchev–Trinajstić information content (AvgIpc) is 2.86. The van der Waals surface area contributed by atoms with Crippen LogP contribution in [0, 0.1) is 0 Å². The number of benzene rings is 2. The maximum Gasteiger partial charge on any atom is 0.309 e. The molecule has 0 N–H and O–H groups in total. The van der Waals surface area contributed by atoms with E-state index in [1.807, 2.05) is 36.4 Å². The van der Waals surface area contributed by atoms with Crippen LogP contribution in [0.25, 0.3) is 0 Å². The normalized spacial score (nSPS) is 15.1. The lowest BCUT2D eigenvalue weighted by Gasteiger charge is -2.08. The van der Waals surface area contributed by atoms with E-state index in [1.165, 1.54) is 11.0 Å². The number of amidine groups is 1. The van der Waals surface area contributed by atoms with Crippen LogP contribution in [0.4, 0.5) is 0 Å². The number of ether oxygens (including phenoxy) is 1. The Labute approximate surface area is 116 Å². The maximum absolute atomic E-state index is 5.84. The summed E-state index contributed by atoms with van der Waals surface area (Å²) in [6, 6.07) is 13.7. The lowest BCUT2D eigenvalue weighted by molar-refractivity contribution is 0.344. The van der Waals surface area contributed by atoms with Gasteiger partial charge in [-0.2, -0.15) is 0 Å². The highest BCUT2D eigenvalue weighted by molar-refractivity contribution is 6.48. The molecule has 2 aliphatic rings. The third kappa shape index (κ3) is 2.00. The van der Waals surface area contributed by atoms with Gasteiger partial charge in [0, 0.05) is 5.56 Å². The summed E-state index contributed by atoms with van der Waals surface area (Å²) in [5.41, 5.74) is 3.37. The van der Waals surface area contributed by atoms with Gasteiger partial charge in [-0.3, -0.25) is 0 Å².